The Morgan fingerprint density at radius 2 is 2.05 bits per heavy atom. The summed E-state index contributed by atoms with van der Waals surface area (Å²) in [6, 6.07) is 0.675. The fourth-order valence-electron chi connectivity index (χ4n) is 2.94. The molecular weight excluding hydrogens is 268 g/mol. The second-order valence-electron chi connectivity index (χ2n) is 7.28. The highest BCUT2D eigenvalue weighted by molar-refractivity contribution is 5.69. The SMILES string of the molecule is COCC(NCC1CCCN1C(=O)OC(C)(C)C)C1CC1. The van der Waals surface area contributed by atoms with Crippen molar-refractivity contribution in [1.29, 1.82) is 0 Å². The summed E-state index contributed by atoms with van der Waals surface area (Å²) in [6.45, 7) is 8.13. The summed E-state index contributed by atoms with van der Waals surface area (Å²) in [5.41, 5.74) is -0.426. The Kier molecular flexibility index (Phi) is 5.49. The lowest BCUT2D eigenvalue weighted by molar-refractivity contribution is 0.0221. The monoisotopic (exact) mass is 298 g/mol. The van der Waals surface area contributed by atoms with Crippen LogP contribution in [0.25, 0.3) is 0 Å². The first kappa shape index (κ1) is 16.6. The van der Waals surface area contributed by atoms with Crippen molar-refractivity contribution in [2.24, 2.45) is 5.92 Å². The van der Waals surface area contributed by atoms with Gasteiger partial charge in [-0.25, -0.2) is 4.79 Å². The van der Waals surface area contributed by atoms with Crippen LogP contribution in [0.15, 0.2) is 0 Å². The van der Waals surface area contributed by atoms with Gasteiger partial charge in [-0.15, -0.1) is 0 Å². The van der Waals surface area contributed by atoms with Gasteiger partial charge in [0.15, 0.2) is 0 Å². The molecular formula is C16H30N2O3. The summed E-state index contributed by atoms with van der Waals surface area (Å²) in [6.07, 6.45) is 4.52. The Balaban J connectivity index is 1.82. The third kappa shape index (κ3) is 5.15. The molecule has 2 unspecified atom stereocenters. The fourth-order valence-corrected chi connectivity index (χ4v) is 2.94. The van der Waals surface area contributed by atoms with Crippen molar-refractivity contribution in [2.75, 3.05) is 26.8 Å². The maximum atomic E-state index is 12.2. The highest BCUT2D eigenvalue weighted by Gasteiger charge is 2.35. The van der Waals surface area contributed by atoms with Gasteiger partial charge in [0, 0.05) is 32.3 Å². The van der Waals surface area contributed by atoms with E-state index >= 15 is 0 Å². The number of nitrogens with one attached hydrogen (secondary N) is 1. The predicted octanol–water partition coefficient (Wildman–Crippen LogP) is 2.40. The fraction of sp³-hybridized carbons (Fsp3) is 0.938. The molecule has 2 atom stereocenters. The Bertz CT molecular complexity index is 350. The second kappa shape index (κ2) is 6.97. The quantitative estimate of drug-likeness (QED) is 0.818. The first-order chi connectivity index (χ1) is 9.90. The lowest BCUT2D eigenvalue weighted by atomic mass is 10.1. The molecule has 0 aromatic carbocycles. The summed E-state index contributed by atoms with van der Waals surface area (Å²) in [5.74, 6) is 0.751. The van der Waals surface area contributed by atoms with Crippen molar-refractivity contribution in [3.05, 3.63) is 0 Å². The molecule has 0 aromatic rings. The zero-order valence-electron chi connectivity index (χ0n) is 13.9. The minimum absolute atomic E-state index is 0.179. The molecule has 2 fully saturated rings. The molecule has 1 aliphatic carbocycles. The van der Waals surface area contributed by atoms with E-state index in [0.29, 0.717) is 6.04 Å². The van der Waals surface area contributed by atoms with Gasteiger partial charge >= 0.3 is 6.09 Å². The number of amides is 1. The van der Waals surface area contributed by atoms with Crippen molar-refractivity contribution in [1.82, 2.24) is 10.2 Å². The van der Waals surface area contributed by atoms with E-state index in [1.807, 2.05) is 25.7 Å². The van der Waals surface area contributed by atoms with Crippen molar-refractivity contribution >= 4 is 6.09 Å². The van der Waals surface area contributed by atoms with Crippen LogP contribution in [0, 0.1) is 5.92 Å². The zero-order chi connectivity index (χ0) is 15.5. The molecule has 0 bridgehead atoms. The van der Waals surface area contributed by atoms with Gasteiger partial charge in [0.2, 0.25) is 0 Å². The molecule has 0 spiro atoms. The van der Waals surface area contributed by atoms with Crippen molar-refractivity contribution in [3.8, 4) is 0 Å². The molecule has 1 heterocycles. The number of nitrogens with zero attached hydrogens (tertiary/aromatic N) is 1. The molecule has 0 aromatic heterocycles. The number of rotatable bonds is 6. The molecule has 1 N–H and O–H groups in total. The topological polar surface area (TPSA) is 50.8 Å². The molecule has 122 valence electrons. The van der Waals surface area contributed by atoms with Crippen LogP contribution in [0.1, 0.15) is 46.5 Å². The zero-order valence-corrected chi connectivity index (χ0v) is 13.9. The van der Waals surface area contributed by atoms with Gasteiger partial charge in [-0.1, -0.05) is 0 Å². The molecule has 21 heavy (non-hydrogen) atoms. The third-order valence-corrected chi connectivity index (χ3v) is 4.16. The van der Waals surface area contributed by atoms with Gasteiger partial charge in [0.05, 0.1) is 6.61 Å². The average Bonchev–Trinajstić information content (AvgIpc) is 3.10. The number of hydrogen-bond donors (Lipinski definition) is 1. The normalized spacial score (nSPS) is 24.2. The van der Waals surface area contributed by atoms with Crippen LogP contribution >= 0.6 is 0 Å². The number of likely N-dealkylation sites (tertiary alicyclic amines) is 1. The maximum Gasteiger partial charge on any atom is 0.410 e. The van der Waals surface area contributed by atoms with E-state index in [1.54, 1.807) is 7.11 Å². The molecule has 5 nitrogen and oxygen atoms in total. The van der Waals surface area contributed by atoms with Crippen molar-refractivity contribution < 1.29 is 14.3 Å². The van der Waals surface area contributed by atoms with Crippen LogP contribution < -0.4 is 5.32 Å². The van der Waals surface area contributed by atoms with Gasteiger partial charge in [-0.05, 0) is 52.4 Å². The molecule has 1 saturated heterocycles. The molecule has 1 saturated carbocycles. The Hall–Kier alpha value is -0.810. The Morgan fingerprint density at radius 3 is 2.62 bits per heavy atom. The number of ether oxygens (including phenoxy) is 2. The first-order valence-electron chi connectivity index (χ1n) is 8.12. The predicted molar refractivity (Wildman–Crippen MR) is 82.4 cm³/mol. The molecule has 2 aliphatic rings. The minimum Gasteiger partial charge on any atom is -0.444 e. The van der Waals surface area contributed by atoms with E-state index in [0.717, 1.165) is 38.5 Å². The molecule has 1 amide bonds. The van der Waals surface area contributed by atoms with Gasteiger partial charge in [-0.2, -0.15) is 0 Å². The van der Waals surface area contributed by atoms with Crippen LogP contribution in [0.3, 0.4) is 0 Å². The third-order valence-electron chi connectivity index (χ3n) is 4.16. The summed E-state index contributed by atoms with van der Waals surface area (Å²) >= 11 is 0. The number of hydrogen-bond acceptors (Lipinski definition) is 4. The minimum atomic E-state index is -0.426. The molecule has 0 radical (unpaired) electrons. The van der Waals surface area contributed by atoms with Crippen LogP contribution in [-0.2, 0) is 9.47 Å². The standard InChI is InChI=1S/C16H30N2O3/c1-16(2,3)21-15(19)18-9-5-6-13(18)10-17-14(11-20-4)12-7-8-12/h12-14,17H,5-11H2,1-4H3. The second-order valence-corrected chi connectivity index (χ2v) is 7.28. The number of carbonyl (C=O) groups excluding carboxylic acids is 1. The Labute approximate surface area is 128 Å². The highest BCUT2D eigenvalue weighted by Crippen LogP contribution is 2.33. The summed E-state index contributed by atoms with van der Waals surface area (Å²) < 4.78 is 10.8. The first-order valence-corrected chi connectivity index (χ1v) is 8.12. The number of carbonyl (C=O) groups is 1. The van der Waals surface area contributed by atoms with E-state index in [2.05, 4.69) is 5.32 Å². The lowest BCUT2D eigenvalue weighted by Gasteiger charge is -2.30. The van der Waals surface area contributed by atoms with Crippen molar-refractivity contribution in [2.45, 2.75) is 64.1 Å². The molecule has 5 heteroatoms. The maximum absolute atomic E-state index is 12.2. The van der Waals surface area contributed by atoms with Crippen molar-refractivity contribution in [3.63, 3.8) is 0 Å². The largest absolute Gasteiger partial charge is 0.444 e. The van der Waals surface area contributed by atoms with Gasteiger partial charge < -0.3 is 19.7 Å². The van der Waals surface area contributed by atoms with E-state index < -0.39 is 5.60 Å². The van der Waals surface area contributed by atoms with E-state index in [9.17, 15) is 4.79 Å². The van der Waals surface area contributed by atoms with E-state index in [4.69, 9.17) is 9.47 Å². The van der Waals surface area contributed by atoms with Gasteiger partial charge in [0.1, 0.15) is 5.60 Å². The van der Waals surface area contributed by atoms with Gasteiger partial charge in [-0.3, -0.25) is 0 Å². The smallest absolute Gasteiger partial charge is 0.410 e. The Morgan fingerprint density at radius 1 is 1.33 bits per heavy atom. The van der Waals surface area contributed by atoms with Gasteiger partial charge in [0.25, 0.3) is 0 Å². The van der Waals surface area contributed by atoms with E-state index in [1.165, 1.54) is 12.8 Å². The summed E-state index contributed by atoms with van der Waals surface area (Å²) in [4.78, 5) is 14.1. The lowest BCUT2D eigenvalue weighted by Crippen LogP contribution is -2.47. The van der Waals surface area contributed by atoms with Crippen LogP contribution in [0.2, 0.25) is 0 Å². The van der Waals surface area contributed by atoms with Crippen LogP contribution in [-0.4, -0.2) is 55.5 Å². The highest BCUT2D eigenvalue weighted by atomic mass is 16.6. The summed E-state index contributed by atoms with van der Waals surface area (Å²) in [5, 5.41) is 3.60. The molecule has 2 rings (SSSR count). The average molecular weight is 298 g/mol. The summed E-state index contributed by atoms with van der Waals surface area (Å²) in [7, 11) is 1.75. The van der Waals surface area contributed by atoms with Crippen LogP contribution in [0.4, 0.5) is 4.79 Å². The van der Waals surface area contributed by atoms with E-state index in [-0.39, 0.29) is 12.1 Å². The van der Waals surface area contributed by atoms with Crippen LogP contribution in [0.5, 0.6) is 0 Å². The molecule has 1 aliphatic heterocycles. The number of methoxy groups -OCH3 is 1.